The van der Waals surface area contributed by atoms with E-state index in [-0.39, 0.29) is 18.5 Å². The predicted octanol–water partition coefficient (Wildman–Crippen LogP) is 3.01. The predicted molar refractivity (Wildman–Crippen MR) is 117 cm³/mol. The fraction of sp³-hybridized carbons (Fsp3) is 0.600. The van der Waals surface area contributed by atoms with Gasteiger partial charge in [0.1, 0.15) is 10.4 Å². The van der Waals surface area contributed by atoms with Crippen LogP contribution in [-0.4, -0.2) is 46.7 Å². The van der Waals surface area contributed by atoms with E-state index in [2.05, 4.69) is 10.5 Å². The topological polar surface area (TPSA) is 104 Å². The van der Waals surface area contributed by atoms with E-state index in [1.165, 1.54) is 17.9 Å². The molecule has 0 spiro atoms. The lowest BCUT2D eigenvalue weighted by atomic mass is 9.88. The number of hydrazone groups is 1. The summed E-state index contributed by atoms with van der Waals surface area (Å²) in [5.41, 5.74) is 0.856. The molecule has 1 aliphatic carbocycles. The van der Waals surface area contributed by atoms with E-state index in [0.717, 1.165) is 15.9 Å². The number of fused-ring (bicyclic) bond motifs is 1. The monoisotopic (exact) mass is 472 g/mol. The number of alkyl halides is 2. The van der Waals surface area contributed by atoms with Crippen LogP contribution in [0, 0.1) is 6.92 Å². The molecule has 0 bridgehead atoms. The number of nitrogens with zero attached hydrogens (tertiary/aromatic N) is 3. The molecule has 0 aliphatic heterocycles. The van der Waals surface area contributed by atoms with Crippen LogP contribution < -0.4 is 16.7 Å². The summed E-state index contributed by atoms with van der Waals surface area (Å²) in [6.07, 6.45) is -0.473. The third kappa shape index (κ3) is 4.90. The highest BCUT2D eigenvalue weighted by atomic mass is 32.1. The molecule has 0 radical (unpaired) electrons. The fourth-order valence-corrected chi connectivity index (χ4v) is 4.65. The Labute approximate surface area is 186 Å². The highest BCUT2D eigenvalue weighted by Crippen LogP contribution is 2.44. The average Bonchev–Trinajstić information content (AvgIpc) is 2.95. The third-order valence-electron chi connectivity index (χ3n) is 4.97. The van der Waals surface area contributed by atoms with Crippen molar-refractivity contribution in [3.63, 3.8) is 0 Å². The number of hydrogen-bond acceptors (Lipinski definition) is 7. The van der Waals surface area contributed by atoms with Crippen molar-refractivity contribution >= 4 is 33.9 Å². The number of carbonyl (C=O) groups excluding carboxylic acids is 1. The van der Waals surface area contributed by atoms with Gasteiger partial charge in [0, 0.05) is 20.0 Å². The molecule has 1 amide bonds. The second-order valence-corrected chi connectivity index (χ2v) is 9.69. The smallest absolute Gasteiger partial charge is 0.428 e. The first-order chi connectivity index (χ1) is 14.8. The van der Waals surface area contributed by atoms with Gasteiger partial charge in [0.25, 0.3) is 11.5 Å². The number of rotatable bonds is 6. The van der Waals surface area contributed by atoms with Crippen LogP contribution in [0.25, 0.3) is 10.2 Å². The van der Waals surface area contributed by atoms with Gasteiger partial charge in [-0.15, -0.1) is 11.3 Å². The van der Waals surface area contributed by atoms with Gasteiger partial charge in [0.05, 0.1) is 35.7 Å². The Bertz CT molecular complexity index is 1170. The molecule has 12 heteroatoms. The molecular weight excluding hydrogens is 446 g/mol. The SMILES string of the molecule is COCCn1c(=O)n(C2CC(F)(F)C2)c(=O)c2c(C)c(C=NNC(=O)OC(C)(C)C)sc21. The van der Waals surface area contributed by atoms with E-state index in [0.29, 0.717) is 15.3 Å². The summed E-state index contributed by atoms with van der Waals surface area (Å²) in [7, 11) is 1.48. The van der Waals surface area contributed by atoms with Gasteiger partial charge >= 0.3 is 11.8 Å². The van der Waals surface area contributed by atoms with Gasteiger partial charge in [-0.1, -0.05) is 0 Å². The quantitative estimate of drug-likeness (QED) is 0.514. The molecule has 0 aromatic carbocycles. The van der Waals surface area contributed by atoms with Crippen molar-refractivity contribution in [3.8, 4) is 0 Å². The van der Waals surface area contributed by atoms with Crippen LogP contribution in [-0.2, 0) is 16.0 Å². The van der Waals surface area contributed by atoms with Crippen LogP contribution in [0.1, 0.15) is 50.1 Å². The normalized spacial score (nSPS) is 16.5. The number of aromatic nitrogens is 2. The van der Waals surface area contributed by atoms with Crippen molar-refractivity contribution in [2.75, 3.05) is 13.7 Å². The van der Waals surface area contributed by atoms with Gasteiger partial charge in [-0.05, 0) is 33.3 Å². The Morgan fingerprint density at radius 1 is 1.34 bits per heavy atom. The van der Waals surface area contributed by atoms with Crippen molar-refractivity contribution in [2.24, 2.45) is 5.10 Å². The van der Waals surface area contributed by atoms with Gasteiger partial charge in [0.15, 0.2) is 0 Å². The van der Waals surface area contributed by atoms with Crippen LogP contribution in [0.2, 0.25) is 0 Å². The molecule has 2 heterocycles. The minimum Gasteiger partial charge on any atom is -0.443 e. The number of nitrogens with one attached hydrogen (secondary N) is 1. The molecule has 2 aromatic heterocycles. The number of methoxy groups -OCH3 is 1. The zero-order valence-corrected chi connectivity index (χ0v) is 19.3. The molecule has 32 heavy (non-hydrogen) atoms. The molecule has 0 unspecified atom stereocenters. The van der Waals surface area contributed by atoms with Crippen molar-refractivity contribution in [1.29, 1.82) is 0 Å². The summed E-state index contributed by atoms with van der Waals surface area (Å²) in [4.78, 5) is 38.9. The van der Waals surface area contributed by atoms with Crippen molar-refractivity contribution in [2.45, 2.75) is 64.6 Å². The molecule has 1 fully saturated rings. The molecule has 176 valence electrons. The molecular formula is C20H26F2N4O5S. The Hall–Kier alpha value is -2.60. The summed E-state index contributed by atoms with van der Waals surface area (Å²) in [6, 6.07) is -0.853. The maximum absolute atomic E-state index is 13.4. The minimum absolute atomic E-state index is 0.155. The maximum atomic E-state index is 13.4. The number of aryl methyl sites for hydroxylation is 1. The molecule has 0 saturated heterocycles. The van der Waals surface area contributed by atoms with Gasteiger partial charge in [-0.2, -0.15) is 5.10 Å². The van der Waals surface area contributed by atoms with Gasteiger partial charge in [-0.3, -0.25) is 13.9 Å². The first-order valence-corrected chi connectivity index (χ1v) is 10.8. The van der Waals surface area contributed by atoms with Crippen molar-refractivity contribution in [1.82, 2.24) is 14.6 Å². The number of halogens is 2. The van der Waals surface area contributed by atoms with Crippen molar-refractivity contribution < 1.29 is 23.0 Å². The molecule has 2 aromatic rings. The van der Waals surface area contributed by atoms with Gasteiger partial charge in [0.2, 0.25) is 0 Å². The first kappa shape index (κ1) is 24.1. The summed E-state index contributed by atoms with van der Waals surface area (Å²) in [6.45, 7) is 7.19. The van der Waals surface area contributed by atoms with E-state index < -0.39 is 47.7 Å². The van der Waals surface area contributed by atoms with E-state index in [1.54, 1.807) is 27.7 Å². The second kappa shape index (κ2) is 8.74. The molecule has 1 N–H and O–H groups in total. The van der Waals surface area contributed by atoms with Gasteiger partial charge in [-0.25, -0.2) is 23.8 Å². The summed E-state index contributed by atoms with van der Waals surface area (Å²) >= 11 is 1.14. The van der Waals surface area contributed by atoms with E-state index in [4.69, 9.17) is 9.47 Å². The molecule has 9 nitrogen and oxygen atoms in total. The lowest BCUT2D eigenvalue weighted by molar-refractivity contribution is -0.106. The first-order valence-electron chi connectivity index (χ1n) is 10.0. The number of amides is 1. The van der Waals surface area contributed by atoms with Crippen LogP contribution in [0.3, 0.4) is 0 Å². The zero-order valence-electron chi connectivity index (χ0n) is 18.5. The number of carbonyl (C=O) groups is 1. The minimum atomic E-state index is -2.88. The van der Waals surface area contributed by atoms with Gasteiger partial charge < -0.3 is 9.47 Å². The number of ether oxygens (including phenoxy) is 2. The number of thiophene rings is 1. The second-order valence-electron chi connectivity index (χ2n) is 8.66. The Balaban J connectivity index is 2.03. The lowest BCUT2D eigenvalue weighted by Crippen LogP contribution is -2.49. The van der Waals surface area contributed by atoms with Crippen LogP contribution in [0.15, 0.2) is 14.7 Å². The van der Waals surface area contributed by atoms with Crippen LogP contribution >= 0.6 is 11.3 Å². The van der Waals surface area contributed by atoms with Crippen molar-refractivity contribution in [3.05, 3.63) is 31.3 Å². The molecule has 3 rings (SSSR count). The Morgan fingerprint density at radius 3 is 2.56 bits per heavy atom. The standard InChI is InChI=1S/C20H26F2N4O5S/c1-11-13(10-23-24-17(28)31-19(2,3)4)32-16-14(11)15(27)26(12-8-20(21,22)9-12)18(29)25(16)6-7-30-5/h10,12H,6-9H2,1-5H3,(H,24,28). The highest BCUT2D eigenvalue weighted by molar-refractivity contribution is 7.20. The van der Waals surface area contributed by atoms with E-state index in [9.17, 15) is 23.2 Å². The largest absolute Gasteiger partial charge is 0.443 e. The maximum Gasteiger partial charge on any atom is 0.428 e. The Kier molecular flexibility index (Phi) is 6.57. The van der Waals surface area contributed by atoms with E-state index >= 15 is 0 Å². The Morgan fingerprint density at radius 2 is 2.00 bits per heavy atom. The van der Waals surface area contributed by atoms with E-state index in [1.807, 2.05) is 0 Å². The van der Waals surface area contributed by atoms with Crippen LogP contribution in [0.4, 0.5) is 13.6 Å². The average molecular weight is 473 g/mol. The van der Waals surface area contributed by atoms with Crippen LogP contribution in [0.5, 0.6) is 0 Å². The summed E-state index contributed by atoms with van der Waals surface area (Å²) < 4.78 is 39.4. The fourth-order valence-electron chi connectivity index (χ4n) is 3.46. The lowest BCUT2D eigenvalue weighted by Gasteiger charge is -2.35. The summed E-state index contributed by atoms with van der Waals surface area (Å²) in [5.74, 6) is -2.88. The third-order valence-corrected chi connectivity index (χ3v) is 6.22. The molecule has 1 saturated carbocycles. The zero-order chi connectivity index (χ0) is 23.8. The highest BCUT2D eigenvalue weighted by Gasteiger charge is 2.47. The number of hydrogen-bond donors (Lipinski definition) is 1. The molecule has 1 aliphatic rings. The molecule has 0 atom stereocenters. The summed E-state index contributed by atoms with van der Waals surface area (Å²) in [5, 5.41) is 4.13.